The third kappa shape index (κ3) is 2.86. The van der Waals surface area contributed by atoms with E-state index in [9.17, 15) is 4.79 Å². The lowest BCUT2D eigenvalue weighted by molar-refractivity contribution is -0.128. The van der Waals surface area contributed by atoms with Crippen molar-refractivity contribution in [2.75, 3.05) is 13.7 Å². The lowest BCUT2D eigenvalue weighted by atomic mass is 9.77. The largest absolute Gasteiger partial charge is 0.379 e. The SMILES string of the molecule is COC1CCCC1NC(=O)C1NCCCC1(C)C. The van der Waals surface area contributed by atoms with Crippen molar-refractivity contribution in [3.63, 3.8) is 0 Å². The summed E-state index contributed by atoms with van der Waals surface area (Å²) in [5, 5.41) is 6.54. The van der Waals surface area contributed by atoms with Crippen LogP contribution in [0.1, 0.15) is 46.0 Å². The predicted molar refractivity (Wildman–Crippen MR) is 71.4 cm³/mol. The lowest BCUT2D eigenvalue weighted by Crippen LogP contribution is -2.58. The number of ether oxygens (including phenoxy) is 1. The fourth-order valence-corrected chi connectivity index (χ4v) is 3.30. The minimum atomic E-state index is -0.0654. The van der Waals surface area contributed by atoms with Gasteiger partial charge in [0.25, 0.3) is 0 Å². The monoisotopic (exact) mass is 254 g/mol. The molecule has 1 aliphatic heterocycles. The number of nitrogens with one attached hydrogen (secondary N) is 2. The third-order valence-corrected chi connectivity index (χ3v) is 4.47. The van der Waals surface area contributed by atoms with Crippen molar-refractivity contribution < 1.29 is 9.53 Å². The van der Waals surface area contributed by atoms with E-state index in [2.05, 4.69) is 24.5 Å². The van der Waals surface area contributed by atoms with Crippen LogP contribution in [0.3, 0.4) is 0 Å². The summed E-state index contributed by atoms with van der Waals surface area (Å²) < 4.78 is 5.43. The van der Waals surface area contributed by atoms with E-state index >= 15 is 0 Å². The van der Waals surface area contributed by atoms with Crippen LogP contribution in [0.5, 0.6) is 0 Å². The van der Waals surface area contributed by atoms with Crippen LogP contribution in [0.2, 0.25) is 0 Å². The normalized spacial score (nSPS) is 35.4. The van der Waals surface area contributed by atoms with Crippen LogP contribution in [0.4, 0.5) is 0 Å². The van der Waals surface area contributed by atoms with Crippen molar-refractivity contribution in [1.29, 1.82) is 0 Å². The zero-order chi connectivity index (χ0) is 13.2. The van der Waals surface area contributed by atoms with Crippen molar-refractivity contribution in [2.45, 2.75) is 64.1 Å². The molecule has 0 spiro atoms. The Hall–Kier alpha value is -0.610. The van der Waals surface area contributed by atoms with E-state index in [1.807, 2.05) is 0 Å². The maximum atomic E-state index is 12.4. The maximum Gasteiger partial charge on any atom is 0.237 e. The molecule has 3 atom stereocenters. The molecule has 0 bridgehead atoms. The molecule has 4 nitrogen and oxygen atoms in total. The first-order valence-corrected chi connectivity index (χ1v) is 7.11. The standard InChI is InChI=1S/C14H26N2O2/c1-14(2)8-5-9-15-12(14)13(17)16-10-6-4-7-11(10)18-3/h10-12,15H,4-9H2,1-3H3,(H,16,17). The Balaban J connectivity index is 1.94. The highest BCUT2D eigenvalue weighted by Crippen LogP contribution is 2.30. The summed E-state index contributed by atoms with van der Waals surface area (Å²) in [6, 6.07) is 0.131. The van der Waals surface area contributed by atoms with Crippen LogP contribution in [-0.4, -0.2) is 37.7 Å². The Kier molecular flexibility index (Phi) is 4.28. The molecular weight excluding hydrogens is 228 g/mol. The van der Waals surface area contributed by atoms with E-state index in [0.717, 1.165) is 38.6 Å². The van der Waals surface area contributed by atoms with E-state index in [1.54, 1.807) is 7.11 Å². The summed E-state index contributed by atoms with van der Waals surface area (Å²) in [4.78, 5) is 12.4. The van der Waals surface area contributed by atoms with E-state index < -0.39 is 0 Å². The van der Waals surface area contributed by atoms with E-state index in [-0.39, 0.29) is 29.5 Å². The number of hydrogen-bond acceptors (Lipinski definition) is 3. The lowest BCUT2D eigenvalue weighted by Gasteiger charge is -2.39. The molecule has 1 saturated heterocycles. The van der Waals surface area contributed by atoms with Gasteiger partial charge in [-0.15, -0.1) is 0 Å². The molecule has 2 rings (SSSR count). The van der Waals surface area contributed by atoms with Gasteiger partial charge in [-0.1, -0.05) is 13.8 Å². The smallest absolute Gasteiger partial charge is 0.237 e. The first-order chi connectivity index (χ1) is 8.54. The van der Waals surface area contributed by atoms with Gasteiger partial charge in [-0.3, -0.25) is 4.79 Å². The second-order valence-corrected chi connectivity index (χ2v) is 6.30. The Morgan fingerprint density at radius 3 is 2.78 bits per heavy atom. The quantitative estimate of drug-likeness (QED) is 0.801. The van der Waals surface area contributed by atoms with E-state index in [1.165, 1.54) is 0 Å². The molecule has 0 aromatic heterocycles. The van der Waals surface area contributed by atoms with Crippen LogP contribution < -0.4 is 10.6 Å². The Morgan fingerprint density at radius 2 is 2.11 bits per heavy atom. The number of rotatable bonds is 3. The number of methoxy groups -OCH3 is 1. The van der Waals surface area contributed by atoms with Crippen molar-refractivity contribution in [2.24, 2.45) is 5.41 Å². The fourth-order valence-electron chi connectivity index (χ4n) is 3.30. The van der Waals surface area contributed by atoms with E-state index in [0.29, 0.717) is 0 Å². The average Bonchev–Trinajstić information content (AvgIpc) is 2.75. The van der Waals surface area contributed by atoms with Crippen molar-refractivity contribution in [1.82, 2.24) is 10.6 Å². The maximum absolute atomic E-state index is 12.4. The van der Waals surface area contributed by atoms with Gasteiger partial charge in [0.1, 0.15) is 0 Å². The highest BCUT2D eigenvalue weighted by atomic mass is 16.5. The number of carbonyl (C=O) groups is 1. The molecule has 0 aromatic rings. The number of amides is 1. The second kappa shape index (κ2) is 5.57. The summed E-state index contributed by atoms with van der Waals surface area (Å²) in [6.45, 7) is 5.29. The van der Waals surface area contributed by atoms with Gasteiger partial charge in [0, 0.05) is 7.11 Å². The van der Waals surface area contributed by atoms with E-state index in [4.69, 9.17) is 4.74 Å². The molecule has 0 radical (unpaired) electrons. The zero-order valence-electron chi connectivity index (χ0n) is 11.8. The Bertz CT molecular complexity index is 304. The second-order valence-electron chi connectivity index (χ2n) is 6.30. The first kappa shape index (κ1) is 13.8. The molecule has 1 heterocycles. The molecule has 2 aliphatic rings. The topological polar surface area (TPSA) is 50.4 Å². The summed E-state index contributed by atoms with van der Waals surface area (Å²) in [5.74, 6) is 0.147. The molecule has 2 N–H and O–H groups in total. The highest BCUT2D eigenvalue weighted by Gasteiger charge is 2.39. The van der Waals surface area contributed by atoms with Gasteiger partial charge in [0.2, 0.25) is 5.91 Å². The van der Waals surface area contributed by atoms with Crippen molar-refractivity contribution in [3.8, 4) is 0 Å². The van der Waals surface area contributed by atoms with Gasteiger partial charge in [0.15, 0.2) is 0 Å². The van der Waals surface area contributed by atoms with Gasteiger partial charge in [-0.2, -0.15) is 0 Å². The fraction of sp³-hybridized carbons (Fsp3) is 0.929. The molecule has 1 saturated carbocycles. The molecule has 1 amide bonds. The molecule has 2 fully saturated rings. The van der Waals surface area contributed by atoms with Gasteiger partial charge in [-0.25, -0.2) is 0 Å². The minimum absolute atomic E-state index is 0.0451. The molecule has 1 aliphatic carbocycles. The predicted octanol–water partition coefficient (Wildman–Crippen LogP) is 1.45. The first-order valence-electron chi connectivity index (χ1n) is 7.11. The zero-order valence-corrected chi connectivity index (χ0v) is 11.8. The molecule has 0 aromatic carbocycles. The summed E-state index contributed by atoms with van der Waals surface area (Å²) >= 11 is 0. The van der Waals surface area contributed by atoms with Gasteiger partial charge in [-0.05, 0) is 44.1 Å². The van der Waals surface area contributed by atoms with Crippen LogP contribution in [0.25, 0.3) is 0 Å². The van der Waals surface area contributed by atoms with Crippen LogP contribution in [0, 0.1) is 5.41 Å². The number of hydrogen-bond donors (Lipinski definition) is 2. The molecule has 18 heavy (non-hydrogen) atoms. The summed E-state index contributed by atoms with van der Waals surface area (Å²) in [7, 11) is 1.73. The number of carbonyl (C=O) groups excluding carboxylic acids is 1. The molecule has 4 heteroatoms. The molecule has 104 valence electrons. The Labute approximate surface area is 110 Å². The Morgan fingerprint density at radius 1 is 1.33 bits per heavy atom. The molecular formula is C14H26N2O2. The van der Waals surface area contributed by atoms with Gasteiger partial charge < -0.3 is 15.4 Å². The van der Waals surface area contributed by atoms with Gasteiger partial charge >= 0.3 is 0 Å². The van der Waals surface area contributed by atoms with Crippen LogP contribution >= 0.6 is 0 Å². The average molecular weight is 254 g/mol. The van der Waals surface area contributed by atoms with Crippen LogP contribution in [-0.2, 0) is 9.53 Å². The summed E-state index contributed by atoms with van der Waals surface area (Å²) in [5.41, 5.74) is 0.0451. The third-order valence-electron chi connectivity index (χ3n) is 4.47. The van der Waals surface area contributed by atoms with Crippen LogP contribution in [0.15, 0.2) is 0 Å². The minimum Gasteiger partial charge on any atom is -0.379 e. The molecule has 3 unspecified atom stereocenters. The van der Waals surface area contributed by atoms with Gasteiger partial charge in [0.05, 0.1) is 18.2 Å². The number of piperidine rings is 1. The van der Waals surface area contributed by atoms with Crippen molar-refractivity contribution in [3.05, 3.63) is 0 Å². The van der Waals surface area contributed by atoms with Crippen molar-refractivity contribution >= 4 is 5.91 Å². The highest BCUT2D eigenvalue weighted by molar-refractivity contribution is 5.83. The summed E-state index contributed by atoms with van der Waals surface area (Å²) in [6.07, 6.45) is 5.70.